The highest BCUT2D eigenvalue weighted by Gasteiger charge is 2.25. The number of thiazole rings is 1. The summed E-state index contributed by atoms with van der Waals surface area (Å²) >= 11 is 7.83. The minimum absolute atomic E-state index is 0.0798. The Morgan fingerprint density at radius 2 is 2.27 bits per heavy atom. The van der Waals surface area contributed by atoms with Crippen LogP contribution in [0.2, 0.25) is 5.02 Å². The van der Waals surface area contributed by atoms with Crippen LogP contribution in [0.5, 0.6) is 0 Å². The monoisotopic (exact) mass is 389 g/mol. The number of carbonyl (C=O) groups excluding carboxylic acids is 1. The van der Waals surface area contributed by atoms with Gasteiger partial charge in [-0.2, -0.15) is 5.10 Å². The minimum atomic E-state index is -0.0798. The van der Waals surface area contributed by atoms with Gasteiger partial charge >= 0.3 is 0 Å². The van der Waals surface area contributed by atoms with E-state index in [1.165, 1.54) is 0 Å². The molecule has 0 radical (unpaired) electrons. The number of amides is 1. The Kier molecular flexibility index (Phi) is 4.58. The lowest BCUT2D eigenvalue weighted by atomic mass is 10.1. The van der Waals surface area contributed by atoms with Crippen LogP contribution in [0.15, 0.2) is 24.4 Å². The van der Waals surface area contributed by atoms with E-state index in [-0.39, 0.29) is 11.9 Å². The van der Waals surface area contributed by atoms with Crippen LogP contribution >= 0.6 is 22.9 Å². The lowest BCUT2D eigenvalue weighted by molar-refractivity contribution is 0.0923. The Hall–Kier alpha value is -2.12. The van der Waals surface area contributed by atoms with E-state index in [1.54, 1.807) is 35.3 Å². The average Bonchev–Trinajstić information content (AvgIpc) is 3.21. The van der Waals surface area contributed by atoms with Crippen LogP contribution in [0, 0.1) is 6.92 Å². The molecule has 1 saturated heterocycles. The molecule has 0 spiro atoms. The van der Waals surface area contributed by atoms with Crippen molar-refractivity contribution in [1.29, 1.82) is 0 Å². The zero-order chi connectivity index (χ0) is 18.3. The van der Waals surface area contributed by atoms with Gasteiger partial charge in [0.25, 0.3) is 5.91 Å². The van der Waals surface area contributed by atoms with Gasteiger partial charge in [0.2, 0.25) is 0 Å². The third-order valence-corrected chi connectivity index (χ3v) is 6.00. The lowest BCUT2D eigenvalue weighted by Crippen LogP contribution is -2.48. The summed E-state index contributed by atoms with van der Waals surface area (Å²) in [6.45, 7) is 3.74. The Morgan fingerprint density at radius 1 is 1.42 bits per heavy atom. The first-order valence-electron chi connectivity index (χ1n) is 8.62. The van der Waals surface area contributed by atoms with Crippen LogP contribution in [-0.4, -0.2) is 39.8 Å². The quantitative estimate of drug-likeness (QED) is 0.745. The van der Waals surface area contributed by atoms with Crippen LogP contribution in [0.3, 0.4) is 0 Å². The fourth-order valence-electron chi connectivity index (χ4n) is 3.40. The summed E-state index contributed by atoms with van der Waals surface area (Å²) in [6.07, 6.45) is 3.62. The van der Waals surface area contributed by atoms with Crippen LogP contribution < -0.4 is 10.2 Å². The molecule has 4 rings (SSSR count). The number of hydrogen-bond donors (Lipinski definition) is 1. The zero-order valence-corrected chi connectivity index (χ0v) is 16.3. The van der Waals surface area contributed by atoms with E-state index in [9.17, 15) is 4.79 Å². The Morgan fingerprint density at radius 3 is 3.04 bits per heavy atom. The summed E-state index contributed by atoms with van der Waals surface area (Å²) in [7, 11) is 1.77. The summed E-state index contributed by atoms with van der Waals surface area (Å²) < 4.78 is 2.70. The average molecular weight is 390 g/mol. The predicted molar refractivity (Wildman–Crippen MR) is 105 cm³/mol. The summed E-state index contributed by atoms with van der Waals surface area (Å²) in [5, 5.41) is 8.92. The molecule has 26 heavy (non-hydrogen) atoms. The summed E-state index contributed by atoms with van der Waals surface area (Å²) in [5.41, 5.74) is 2.68. The second kappa shape index (κ2) is 6.89. The van der Waals surface area contributed by atoms with Gasteiger partial charge in [-0.3, -0.25) is 9.48 Å². The summed E-state index contributed by atoms with van der Waals surface area (Å²) in [4.78, 5) is 19.5. The van der Waals surface area contributed by atoms with Crippen molar-refractivity contribution in [2.45, 2.75) is 25.8 Å². The SMILES string of the molecule is Cc1cc(Cl)cc2sc(N3CCCC(NC(=O)c4ccnn4C)C3)nc12. The van der Waals surface area contributed by atoms with Crippen molar-refractivity contribution in [1.82, 2.24) is 20.1 Å². The lowest BCUT2D eigenvalue weighted by Gasteiger charge is -2.32. The first kappa shape index (κ1) is 17.3. The Labute approximate surface area is 160 Å². The highest BCUT2D eigenvalue weighted by Crippen LogP contribution is 2.34. The van der Waals surface area contributed by atoms with E-state index in [1.807, 2.05) is 19.1 Å². The number of fused-ring (bicyclic) bond motifs is 1. The molecule has 0 bridgehead atoms. The van der Waals surface area contributed by atoms with Crippen molar-refractivity contribution < 1.29 is 4.79 Å². The third kappa shape index (κ3) is 3.29. The molecule has 1 atom stereocenters. The number of nitrogens with zero attached hydrogens (tertiary/aromatic N) is 4. The van der Waals surface area contributed by atoms with Crippen molar-refractivity contribution in [3.63, 3.8) is 0 Å². The van der Waals surface area contributed by atoms with Crippen LogP contribution in [0.1, 0.15) is 28.9 Å². The molecule has 1 aliphatic rings. The molecule has 1 N–H and O–H groups in total. The van der Waals surface area contributed by atoms with Gasteiger partial charge in [-0.1, -0.05) is 22.9 Å². The van der Waals surface area contributed by atoms with Gasteiger partial charge in [-0.25, -0.2) is 4.98 Å². The standard InChI is InChI=1S/C18H20ClN5OS/c1-11-8-12(19)9-15-16(11)22-18(26-15)24-7-3-4-13(10-24)21-17(25)14-5-6-20-23(14)2/h5-6,8-9,13H,3-4,7,10H2,1-2H3,(H,21,25). The molecule has 3 aromatic rings. The van der Waals surface area contributed by atoms with E-state index in [2.05, 4.69) is 15.3 Å². The molecule has 1 amide bonds. The molecule has 1 aliphatic heterocycles. The number of carbonyl (C=O) groups is 1. The zero-order valence-electron chi connectivity index (χ0n) is 14.7. The Bertz CT molecular complexity index is 966. The molecule has 6 nitrogen and oxygen atoms in total. The molecule has 1 fully saturated rings. The molecular weight excluding hydrogens is 370 g/mol. The van der Waals surface area contributed by atoms with Gasteiger partial charge in [-0.05, 0) is 43.5 Å². The van der Waals surface area contributed by atoms with Gasteiger partial charge in [0.15, 0.2) is 5.13 Å². The fourth-order valence-corrected chi connectivity index (χ4v) is 4.86. The second-order valence-electron chi connectivity index (χ2n) is 6.66. The first-order valence-corrected chi connectivity index (χ1v) is 9.81. The van der Waals surface area contributed by atoms with E-state index in [0.717, 1.165) is 51.9 Å². The number of piperidine rings is 1. The molecule has 3 heterocycles. The van der Waals surface area contributed by atoms with Gasteiger partial charge in [0, 0.05) is 37.4 Å². The molecule has 0 aliphatic carbocycles. The highest BCUT2D eigenvalue weighted by molar-refractivity contribution is 7.22. The van der Waals surface area contributed by atoms with Crippen molar-refractivity contribution in [2.75, 3.05) is 18.0 Å². The number of hydrogen-bond acceptors (Lipinski definition) is 5. The number of rotatable bonds is 3. The molecule has 2 aromatic heterocycles. The van der Waals surface area contributed by atoms with Crippen molar-refractivity contribution in [2.24, 2.45) is 7.05 Å². The number of nitrogens with one attached hydrogen (secondary N) is 1. The normalized spacial score (nSPS) is 17.7. The number of halogens is 1. The highest BCUT2D eigenvalue weighted by atomic mass is 35.5. The number of anilines is 1. The van der Waals surface area contributed by atoms with Crippen molar-refractivity contribution >= 4 is 44.2 Å². The number of aromatic nitrogens is 3. The van der Waals surface area contributed by atoms with Gasteiger partial charge in [0.1, 0.15) is 5.69 Å². The second-order valence-corrected chi connectivity index (χ2v) is 8.11. The molecule has 8 heteroatoms. The van der Waals surface area contributed by atoms with E-state index >= 15 is 0 Å². The maximum absolute atomic E-state index is 12.4. The molecule has 136 valence electrons. The molecule has 1 aromatic carbocycles. The maximum Gasteiger partial charge on any atom is 0.269 e. The van der Waals surface area contributed by atoms with Gasteiger partial charge in [-0.15, -0.1) is 0 Å². The van der Waals surface area contributed by atoms with Crippen molar-refractivity contribution in [3.8, 4) is 0 Å². The third-order valence-electron chi connectivity index (χ3n) is 4.72. The molecule has 1 unspecified atom stereocenters. The van der Waals surface area contributed by atoms with E-state index in [0.29, 0.717) is 5.69 Å². The van der Waals surface area contributed by atoms with Gasteiger partial charge < -0.3 is 10.2 Å². The maximum atomic E-state index is 12.4. The Balaban J connectivity index is 1.51. The first-order chi connectivity index (χ1) is 12.5. The number of benzene rings is 1. The summed E-state index contributed by atoms with van der Waals surface area (Å²) in [6, 6.07) is 5.75. The smallest absolute Gasteiger partial charge is 0.269 e. The fraction of sp³-hybridized carbons (Fsp3) is 0.389. The van der Waals surface area contributed by atoms with Crippen LogP contribution in [-0.2, 0) is 7.05 Å². The van der Waals surface area contributed by atoms with Crippen LogP contribution in [0.4, 0.5) is 5.13 Å². The van der Waals surface area contributed by atoms with Crippen LogP contribution in [0.25, 0.3) is 10.2 Å². The van der Waals surface area contributed by atoms with Gasteiger partial charge in [0.05, 0.1) is 10.2 Å². The molecular formula is C18H20ClN5OS. The predicted octanol–water partition coefficient (Wildman–Crippen LogP) is 3.39. The van der Waals surface area contributed by atoms with E-state index in [4.69, 9.17) is 16.6 Å². The van der Waals surface area contributed by atoms with Crippen molar-refractivity contribution in [3.05, 3.63) is 40.7 Å². The largest absolute Gasteiger partial charge is 0.346 e. The summed E-state index contributed by atoms with van der Waals surface area (Å²) in [5.74, 6) is -0.0798. The minimum Gasteiger partial charge on any atom is -0.346 e. The molecule has 0 saturated carbocycles. The van der Waals surface area contributed by atoms with E-state index < -0.39 is 0 Å². The number of aryl methyl sites for hydroxylation is 2. The topological polar surface area (TPSA) is 63.1 Å².